The second kappa shape index (κ2) is 5.90. The van der Waals surface area contributed by atoms with Crippen LogP contribution in [-0.4, -0.2) is 24.8 Å². The van der Waals surface area contributed by atoms with Crippen LogP contribution in [0.2, 0.25) is 0 Å². The molecule has 6 heteroatoms. The second-order valence-electron chi connectivity index (χ2n) is 3.84. The molecular formula is C13H14N2O4. The SMILES string of the molecule is COc1cccc(OCC(=O)Nc2cc(C)on2)c1. The van der Waals surface area contributed by atoms with Crippen molar-refractivity contribution in [1.29, 1.82) is 0 Å². The average Bonchev–Trinajstić information content (AvgIpc) is 2.82. The van der Waals surface area contributed by atoms with Crippen LogP contribution in [0.4, 0.5) is 5.82 Å². The van der Waals surface area contributed by atoms with Crippen LogP contribution in [0, 0.1) is 6.92 Å². The lowest BCUT2D eigenvalue weighted by Gasteiger charge is -2.07. The molecule has 2 rings (SSSR count). The molecule has 1 N–H and O–H groups in total. The Hall–Kier alpha value is -2.50. The summed E-state index contributed by atoms with van der Waals surface area (Å²) in [7, 11) is 1.57. The summed E-state index contributed by atoms with van der Waals surface area (Å²) in [5, 5.41) is 6.22. The maximum Gasteiger partial charge on any atom is 0.263 e. The number of aryl methyl sites for hydroxylation is 1. The second-order valence-corrected chi connectivity index (χ2v) is 3.84. The average molecular weight is 262 g/mol. The van der Waals surface area contributed by atoms with E-state index in [1.165, 1.54) is 0 Å². The minimum atomic E-state index is -0.309. The molecule has 1 heterocycles. The van der Waals surface area contributed by atoms with E-state index in [-0.39, 0.29) is 12.5 Å². The van der Waals surface area contributed by atoms with Gasteiger partial charge in [0.1, 0.15) is 17.3 Å². The largest absolute Gasteiger partial charge is 0.497 e. The molecule has 0 fully saturated rings. The van der Waals surface area contributed by atoms with Crippen molar-refractivity contribution < 1.29 is 18.8 Å². The Morgan fingerprint density at radius 1 is 1.37 bits per heavy atom. The van der Waals surface area contributed by atoms with Crippen molar-refractivity contribution in [2.75, 3.05) is 19.0 Å². The molecular weight excluding hydrogens is 248 g/mol. The van der Waals surface area contributed by atoms with E-state index in [0.717, 1.165) is 0 Å². The highest BCUT2D eigenvalue weighted by Gasteiger charge is 2.07. The number of carbonyl (C=O) groups is 1. The molecule has 0 saturated heterocycles. The highest BCUT2D eigenvalue weighted by Crippen LogP contribution is 2.18. The molecule has 0 aliphatic heterocycles. The number of rotatable bonds is 5. The fraction of sp³-hybridized carbons (Fsp3) is 0.231. The first-order valence-electron chi connectivity index (χ1n) is 5.67. The molecule has 0 aliphatic carbocycles. The third kappa shape index (κ3) is 3.74. The topological polar surface area (TPSA) is 73.6 Å². The van der Waals surface area contributed by atoms with Gasteiger partial charge in [-0.2, -0.15) is 0 Å². The van der Waals surface area contributed by atoms with Crippen molar-refractivity contribution in [3.8, 4) is 11.5 Å². The molecule has 0 radical (unpaired) electrons. The van der Waals surface area contributed by atoms with Gasteiger partial charge in [0, 0.05) is 12.1 Å². The summed E-state index contributed by atoms with van der Waals surface area (Å²) in [6.45, 7) is 1.63. The predicted octanol–water partition coefficient (Wildman–Crippen LogP) is 2.01. The Labute approximate surface area is 110 Å². The summed E-state index contributed by atoms with van der Waals surface area (Å²) < 4.78 is 15.2. The van der Waals surface area contributed by atoms with Gasteiger partial charge < -0.3 is 19.3 Å². The number of nitrogens with one attached hydrogen (secondary N) is 1. The summed E-state index contributed by atoms with van der Waals surface area (Å²) in [5.41, 5.74) is 0. The molecule has 0 unspecified atom stereocenters. The number of hydrogen-bond donors (Lipinski definition) is 1. The number of aromatic nitrogens is 1. The molecule has 0 spiro atoms. The number of methoxy groups -OCH3 is 1. The number of ether oxygens (including phenoxy) is 2. The van der Waals surface area contributed by atoms with E-state index < -0.39 is 0 Å². The molecule has 1 amide bonds. The van der Waals surface area contributed by atoms with E-state index in [1.807, 2.05) is 0 Å². The number of hydrogen-bond acceptors (Lipinski definition) is 5. The monoisotopic (exact) mass is 262 g/mol. The van der Waals surface area contributed by atoms with Crippen LogP contribution in [-0.2, 0) is 4.79 Å². The Kier molecular flexibility index (Phi) is 4.02. The number of carbonyl (C=O) groups excluding carboxylic acids is 1. The standard InChI is InChI=1S/C13H14N2O4/c1-9-6-12(15-19-9)14-13(16)8-18-11-5-3-4-10(7-11)17-2/h3-7H,8H2,1-2H3,(H,14,15,16). The lowest BCUT2D eigenvalue weighted by Crippen LogP contribution is -2.20. The normalized spacial score (nSPS) is 10.0. The maximum absolute atomic E-state index is 11.6. The molecule has 100 valence electrons. The van der Waals surface area contributed by atoms with E-state index in [9.17, 15) is 4.79 Å². The molecule has 1 aromatic heterocycles. The minimum Gasteiger partial charge on any atom is -0.497 e. The van der Waals surface area contributed by atoms with Crippen molar-refractivity contribution >= 4 is 11.7 Å². The summed E-state index contributed by atoms with van der Waals surface area (Å²) in [6, 6.07) is 8.66. The van der Waals surface area contributed by atoms with Crippen LogP contribution in [0.25, 0.3) is 0 Å². The van der Waals surface area contributed by atoms with E-state index in [0.29, 0.717) is 23.1 Å². The highest BCUT2D eigenvalue weighted by molar-refractivity contribution is 5.90. The van der Waals surface area contributed by atoms with Gasteiger partial charge in [0.25, 0.3) is 5.91 Å². The van der Waals surface area contributed by atoms with Gasteiger partial charge in [-0.3, -0.25) is 4.79 Å². The first kappa shape index (κ1) is 12.9. The van der Waals surface area contributed by atoms with Gasteiger partial charge in [-0.05, 0) is 19.1 Å². The fourth-order valence-corrected chi connectivity index (χ4v) is 1.44. The smallest absolute Gasteiger partial charge is 0.263 e. The first-order valence-corrected chi connectivity index (χ1v) is 5.67. The van der Waals surface area contributed by atoms with Gasteiger partial charge in [0.2, 0.25) is 0 Å². The molecule has 19 heavy (non-hydrogen) atoms. The van der Waals surface area contributed by atoms with Crippen molar-refractivity contribution in [1.82, 2.24) is 5.16 Å². The first-order chi connectivity index (χ1) is 9.17. The summed E-state index contributed by atoms with van der Waals surface area (Å²) >= 11 is 0. The lowest BCUT2D eigenvalue weighted by molar-refractivity contribution is -0.118. The Morgan fingerprint density at radius 2 is 2.16 bits per heavy atom. The van der Waals surface area contributed by atoms with Crippen molar-refractivity contribution in [2.45, 2.75) is 6.92 Å². The van der Waals surface area contributed by atoms with E-state index >= 15 is 0 Å². The van der Waals surface area contributed by atoms with Gasteiger partial charge in [0.15, 0.2) is 12.4 Å². The predicted molar refractivity (Wildman–Crippen MR) is 68.4 cm³/mol. The van der Waals surface area contributed by atoms with Crippen LogP contribution in [0.15, 0.2) is 34.9 Å². The molecule has 1 aromatic carbocycles. The van der Waals surface area contributed by atoms with Crippen molar-refractivity contribution in [3.05, 3.63) is 36.1 Å². The van der Waals surface area contributed by atoms with Crippen LogP contribution in [0.1, 0.15) is 5.76 Å². The summed E-state index contributed by atoms with van der Waals surface area (Å²) in [5.74, 6) is 1.92. The van der Waals surface area contributed by atoms with Crippen molar-refractivity contribution in [3.63, 3.8) is 0 Å². The zero-order chi connectivity index (χ0) is 13.7. The van der Waals surface area contributed by atoms with Crippen LogP contribution in [0.3, 0.4) is 0 Å². The molecule has 0 aliphatic rings. The highest BCUT2D eigenvalue weighted by atomic mass is 16.5. The van der Waals surface area contributed by atoms with E-state index in [4.69, 9.17) is 14.0 Å². The summed E-state index contributed by atoms with van der Waals surface area (Å²) in [6.07, 6.45) is 0. The molecule has 0 saturated carbocycles. The maximum atomic E-state index is 11.6. The molecule has 2 aromatic rings. The lowest BCUT2D eigenvalue weighted by atomic mass is 10.3. The quantitative estimate of drug-likeness (QED) is 0.892. The van der Waals surface area contributed by atoms with Gasteiger partial charge in [0.05, 0.1) is 7.11 Å². The summed E-state index contributed by atoms with van der Waals surface area (Å²) in [4.78, 5) is 11.6. The van der Waals surface area contributed by atoms with Gasteiger partial charge in [-0.1, -0.05) is 11.2 Å². The zero-order valence-electron chi connectivity index (χ0n) is 10.7. The van der Waals surface area contributed by atoms with Gasteiger partial charge >= 0.3 is 0 Å². The van der Waals surface area contributed by atoms with Crippen molar-refractivity contribution in [2.24, 2.45) is 0 Å². The number of nitrogens with zero attached hydrogens (tertiary/aromatic N) is 1. The zero-order valence-corrected chi connectivity index (χ0v) is 10.7. The third-order valence-corrected chi connectivity index (χ3v) is 2.31. The molecule has 6 nitrogen and oxygen atoms in total. The number of benzene rings is 1. The van der Waals surface area contributed by atoms with Gasteiger partial charge in [-0.25, -0.2) is 0 Å². The van der Waals surface area contributed by atoms with Crippen LogP contribution >= 0.6 is 0 Å². The third-order valence-electron chi connectivity index (χ3n) is 2.31. The van der Waals surface area contributed by atoms with Crippen LogP contribution in [0.5, 0.6) is 11.5 Å². The van der Waals surface area contributed by atoms with E-state index in [2.05, 4.69) is 10.5 Å². The Balaban J connectivity index is 1.86. The molecule has 0 atom stereocenters. The number of anilines is 1. The number of amides is 1. The Bertz CT molecular complexity index is 565. The minimum absolute atomic E-state index is 0.112. The Morgan fingerprint density at radius 3 is 2.84 bits per heavy atom. The fourth-order valence-electron chi connectivity index (χ4n) is 1.44. The van der Waals surface area contributed by atoms with E-state index in [1.54, 1.807) is 44.4 Å². The molecule has 0 bridgehead atoms. The van der Waals surface area contributed by atoms with Crippen LogP contribution < -0.4 is 14.8 Å². The van der Waals surface area contributed by atoms with Gasteiger partial charge in [-0.15, -0.1) is 0 Å².